The summed E-state index contributed by atoms with van der Waals surface area (Å²) < 4.78 is 0.911. The van der Waals surface area contributed by atoms with Gasteiger partial charge in [-0.2, -0.15) is 0 Å². The molecule has 1 nitrogen and oxygen atoms in total. The summed E-state index contributed by atoms with van der Waals surface area (Å²) in [6.07, 6.45) is 9.22. The van der Waals surface area contributed by atoms with Crippen molar-refractivity contribution in [3.05, 3.63) is 21.3 Å². The van der Waals surface area contributed by atoms with Gasteiger partial charge in [-0.3, -0.25) is 0 Å². The van der Waals surface area contributed by atoms with Crippen molar-refractivity contribution in [1.29, 1.82) is 0 Å². The van der Waals surface area contributed by atoms with Gasteiger partial charge in [-0.15, -0.1) is 11.3 Å². The second-order valence-electron chi connectivity index (χ2n) is 4.95. The number of halogens is 1. The van der Waals surface area contributed by atoms with E-state index < -0.39 is 0 Å². The molecule has 0 spiro atoms. The van der Waals surface area contributed by atoms with Crippen LogP contribution in [0.4, 0.5) is 0 Å². The van der Waals surface area contributed by atoms with Crippen LogP contribution >= 0.6 is 22.9 Å². The minimum Gasteiger partial charge on any atom is -0.330 e. The maximum absolute atomic E-state index is 5.95. The van der Waals surface area contributed by atoms with Gasteiger partial charge in [0.1, 0.15) is 0 Å². The van der Waals surface area contributed by atoms with Gasteiger partial charge in [0.2, 0.25) is 0 Å². The Bertz CT molecular complexity index is 328. The zero-order valence-electron chi connectivity index (χ0n) is 9.68. The molecule has 1 aliphatic rings. The number of aryl methyl sites for hydroxylation is 1. The highest BCUT2D eigenvalue weighted by Gasteiger charge is 2.32. The van der Waals surface area contributed by atoms with Crippen molar-refractivity contribution in [3.63, 3.8) is 0 Å². The summed E-state index contributed by atoms with van der Waals surface area (Å²) in [5, 5.41) is 0. The quantitative estimate of drug-likeness (QED) is 0.839. The van der Waals surface area contributed by atoms with Crippen molar-refractivity contribution >= 4 is 22.9 Å². The Morgan fingerprint density at radius 3 is 2.56 bits per heavy atom. The summed E-state index contributed by atoms with van der Waals surface area (Å²) in [6, 6.07) is 4.17. The van der Waals surface area contributed by atoms with Crippen LogP contribution in [-0.4, -0.2) is 6.54 Å². The van der Waals surface area contributed by atoms with E-state index >= 15 is 0 Å². The molecule has 1 saturated carbocycles. The number of hydrogen-bond donors (Lipinski definition) is 1. The first-order valence-electron chi connectivity index (χ1n) is 6.18. The van der Waals surface area contributed by atoms with Crippen LogP contribution in [0.2, 0.25) is 4.34 Å². The Morgan fingerprint density at radius 1 is 1.25 bits per heavy atom. The van der Waals surface area contributed by atoms with Gasteiger partial charge in [-0.1, -0.05) is 24.4 Å². The van der Waals surface area contributed by atoms with E-state index in [9.17, 15) is 0 Å². The predicted molar refractivity (Wildman–Crippen MR) is 72.2 cm³/mol. The first-order valence-corrected chi connectivity index (χ1v) is 7.38. The molecule has 16 heavy (non-hydrogen) atoms. The molecule has 0 aromatic carbocycles. The predicted octanol–water partition coefficient (Wildman–Crippen LogP) is 4.24. The fraction of sp³-hybridized carbons (Fsp3) is 0.692. The minimum atomic E-state index is 0.547. The Labute approximate surface area is 107 Å². The number of nitrogens with two attached hydrogens (primary N) is 1. The van der Waals surface area contributed by atoms with Gasteiger partial charge < -0.3 is 5.73 Å². The van der Waals surface area contributed by atoms with Gasteiger partial charge in [0, 0.05) is 4.88 Å². The van der Waals surface area contributed by atoms with E-state index in [0.717, 1.165) is 10.9 Å². The van der Waals surface area contributed by atoms with Gasteiger partial charge in [-0.05, 0) is 56.2 Å². The van der Waals surface area contributed by atoms with Crippen molar-refractivity contribution in [3.8, 4) is 0 Å². The van der Waals surface area contributed by atoms with E-state index in [2.05, 4.69) is 6.07 Å². The first kappa shape index (κ1) is 12.4. The molecule has 90 valence electrons. The van der Waals surface area contributed by atoms with Gasteiger partial charge in [0.15, 0.2) is 0 Å². The summed E-state index contributed by atoms with van der Waals surface area (Å²) in [5.74, 6) is 0. The van der Waals surface area contributed by atoms with Crippen LogP contribution in [0.25, 0.3) is 0 Å². The lowest BCUT2D eigenvalue weighted by atomic mass is 9.78. The van der Waals surface area contributed by atoms with E-state index in [1.165, 1.54) is 49.8 Å². The third kappa shape index (κ3) is 2.99. The molecular weight excluding hydrogens is 238 g/mol. The van der Waals surface area contributed by atoms with Crippen molar-refractivity contribution in [1.82, 2.24) is 0 Å². The molecular formula is C13H20ClNS. The summed E-state index contributed by atoms with van der Waals surface area (Å²) >= 11 is 7.67. The summed E-state index contributed by atoms with van der Waals surface area (Å²) in [6.45, 7) is 0.838. The van der Waals surface area contributed by atoms with E-state index in [4.69, 9.17) is 17.3 Å². The van der Waals surface area contributed by atoms with Gasteiger partial charge >= 0.3 is 0 Å². The SMILES string of the molecule is NCCC1(CCc2ccc(Cl)s2)CCCC1. The van der Waals surface area contributed by atoms with E-state index in [1.807, 2.05) is 6.07 Å². The second-order valence-corrected chi connectivity index (χ2v) is 6.75. The van der Waals surface area contributed by atoms with Gasteiger partial charge in [-0.25, -0.2) is 0 Å². The van der Waals surface area contributed by atoms with Gasteiger partial charge in [0.05, 0.1) is 4.34 Å². The highest BCUT2D eigenvalue weighted by molar-refractivity contribution is 7.16. The first-order chi connectivity index (χ1) is 7.74. The highest BCUT2D eigenvalue weighted by Crippen LogP contribution is 2.44. The molecule has 3 heteroatoms. The smallest absolute Gasteiger partial charge is 0.0931 e. The van der Waals surface area contributed by atoms with Crippen LogP contribution in [0.15, 0.2) is 12.1 Å². The Balaban J connectivity index is 1.91. The van der Waals surface area contributed by atoms with Gasteiger partial charge in [0.25, 0.3) is 0 Å². The Kier molecular flexibility index (Phi) is 4.28. The molecule has 0 bridgehead atoms. The lowest BCUT2D eigenvalue weighted by molar-refractivity contribution is 0.254. The van der Waals surface area contributed by atoms with Crippen LogP contribution in [0, 0.1) is 5.41 Å². The molecule has 0 atom stereocenters. The van der Waals surface area contributed by atoms with Crippen LogP contribution in [-0.2, 0) is 6.42 Å². The third-order valence-corrected chi connectivity index (χ3v) is 5.16. The average molecular weight is 258 g/mol. The highest BCUT2D eigenvalue weighted by atomic mass is 35.5. The topological polar surface area (TPSA) is 26.0 Å². The molecule has 1 aliphatic carbocycles. The fourth-order valence-electron chi connectivity index (χ4n) is 2.93. The largest absolute Gasteiger partial charge is 0.330 e. The fourth-order valence-corrected chi connectivity index (χ4v) is 4.02. The summed E-state index contributed by atoms with van der Waals surface area (Å²) in [7, 11) is 0. The third-order valence-electron chi connectivity index (χ3n) is 3.87. The monoisotopic (exact) mass is 257 g/mol. The van der Waals surface area contributed by atoms with Crippen LogP contribution in [0.5, 0.6) is 0 Å². The lowest BCUT2D eigenvalue weighted by Crippen LogP contribution is -2.21. The van der Waals surface area contributed by atoms with Crippen molar-refractivity contribution in [2.45, 2.75) is 44.9 Å². The zero-order valence-corrected chi connectivity index (χ0v) is 11.2. The molecule has 0 radical (unpaired) electrons. The van der Waals surface area contributed by atoms with Crippen molar-refractivity contribution in [2.75, 3.05) is 6.54 Å². The number of thiophene rings is 1. The van der Waals surface area contributed by atoms with Crippen LogP contribution in [0.3, 0.4) is 0 Å². The zero-order chi connectivity index (χ0) is 11.4. The lowest BCUT2D eigenvalue weighted by Gasteiger charge is -2.28. The molecule has 1 heterocycles. The van der Waals surface area contributed by atoms with E-state index in [0.29, 0.717) is 5.41 Å². The Hall–Kier alpha value is -0.0500. The molecule has 2 rings (SSSR count). The summed E-state index contributed by atoms with van der Waals surface area (Å²) in [4.78, 5) is 1.42. The normalized spacial score (nSPS) is 19.1. The maximum atomic E-state index is 5.95. The molecule has 1 aromatic heterocycles. The maximum Gasteiger partial charge on any atom is 0.0931 e. The van der Waals surface area contributed by atoms with Crippen LogP contribution < -0.4 is 5.73 Å². The standard InChI is InChI=1S/C13H20ClNS/c14-12-4-3-11(16-12)5-8-13(9-10-15)6-1-2-7-13/h3-4H,1-2,5-10,15H2. The van der Waals surface area contributed by atoms with E-state index in [1.54, 1.807) is 11.3 Å². The van der Waals surface area contributed by atoms with Crippen molar-refractivity contribution < 1.29 is 0 Å². The molecule has 1 aromatic rings. The van der Waals surface area contributed by atoms with Crippen LogP contribution in [0.1, 0.15) is 43.4 Å². The number of rotatable bonds is 5. The average Bonchev–Trinajstić information content (AvgIpc) is 2.86. The molecule has 0 aliphatic heterocycles. The molecule has 1 fully saturated rings. The summed E-state index contributed by atoms with van der Waals surface area (Å²) in [5.41, 5.74) is 6.29. The minimum absolute atomic E-state index is 0.547. The molecule has 0 amide bonds. The van der Waals surface area contributed by atoms with Crippen molar-refractivity contribution in [2.24, 2.45) is 11.1 Å². The molecule has 2 N–H and O–H groups in total. The number of hydrogen-bond acceptors (Lipinski definition) is 2. The molecule has 0 saturated heterocycles. The van der Waals surface area contributed by atoms with E-state index in [-0.39, 0.29) is 0 Å². The Morgan fingerprint density at radius 2 is 2.00 bits per heavy atom. The second kappa shape index (κ2) is 5.52. The molecule has 0 unspecified atom stereocenters.